The average molecular weight is 263 g/mol. The summed E-state index contributed by atoms with van der Waals surface area (Å²) in [4.78, 5) is 12.0. The summed E-state index contributed by atoms with van der Waals surface area (Å²) in [6, 6.07) is 10.8. The highest BCUT2D eigenvalue weighted by Gasteiger charge is 2.21. The monoisotopic (exact) mass is 263 g/mol. The fourth-order valence-corrected chi connectivity index (χ4v) is 3.39. The topological polar surface area (TPSA) is 41.6 Å². The summed E-state index contributed by atoms with van der Waals surface area (Å²) >= 11 is 0. The van der Waals surface area contributed by atoms with Gasteiger partial charge in [0.25, 0.3) is 0 Å². The molecule has 0 aliphatic heterocycles. The molecule has 2 heterocycles. The van der Waals surface area contributed by atoms with Crippen molar-refractivity contribution in [2.75, 3.05) is 0 Å². The van der Waals surface area contributed by atoms with E-state index in [2.05, 4.69) is 45.3 Å². The summed E-state index contributed by atoms with van der Waals surface area (Å²) in [5.74, 6) is 0.690. The average Bonchev–Trinajstić information content (AvgIpc) is 3.18. The fourth-order valence-electron chi connectivity index (χ4n) is 3.39. The maximum absolute atomic E-state index is 4.55. The summed E-state index contributed by atoms with van der Waals surface area (Å²) in [5, 5.41) is 1.11. The SMILES string of the molecule is c1ccc(C2CCCC2)c(-c2ncnc3[nH]ccc23)c1. The molecule has 1 aromatic carbocycles. The molecule has 20 heavy (non-hydrogen) atoms. The molecule has 3 heteroatoms. The van der Waals surface area contributed by atoms with Crippen molar-refractivity contribution in [3.8, 4) is 11.3 Å². The van der Waals surface area contributed by atoms with Crippen LogP contribution < -0.4 is 0 Å². The van der Waals surface area contributed by atoms with Crippen molar-refractivity contribution >= 4 is 11.0 Å². The smallest absolute Gasteiger partial charge is 0.141 e. The highest BCUT2D eigenvalue weighted by molar-refractivity contribution is 5.91. The number of hydrogen-bond acceptors (Lipinski definition) is 2. The minimum Gasteiger partial charge on any atom is -0.346 e. The van der Waals surface area contributed by atoms with Crippen molar-refractivity contribution in [3.63, 3.8) is 0 Å². The molecule has 1 fully saturated rings. The Bertz CT molecular complexity index is 739. The van der Waals surface area contributed by atoms with Crippen molar-refractivity contribution in [2.45, 2.75) is 31.6 Å². The Balaban J connectivity index is 1.91. The van der Waals surface area contributed by atoms with Crippen LogP contribution in [0.5, 0.6) is 0 Å². The number of hydrogen-bond donors (Lipinski definition) is 1. The maximum Gasteiger partial charge on any atom is 0.141 e. The lowest BCUT2D eigenvalue weighted by Gasteiger charge is -2.15. The molecule has 1 saturated carbocycles. The molecule has 0 atom stereocenters. The van der Waals surface area contributed by atoms with Gasteiger partial charge in [0.2, 0.25) is 0 Å². The van der Waals surface area contributed by atoms with E-state index in [1.807, 2.05) is 6.20 Å². The van der Waals surface area contributed by atoms with E-state index in [4.69, 9.17) is 0 Å². The summed E-state index contributed by atoms with van der Waals surface area (Å²) in [5.41, 5.74) is 4.69. The first-order valence-electron chi connectivity index (χ1n) is 7.31. The Morgan fingerprint density at radius 3 is 2.75 bits per heavy atom. The molecule has 0 unspecified atom stereocenters. The molecule has 100 valence electrons. The van der Waals surface area contributed by atoms with Crippen molar-refractivity contribution in [2.24, 2.45) is 0 Å². The molecular weight excluding hydrogens is 246 g/mol. The third kappa shape index (κ3) is 1.82. The van der Waals surface area contributed by atoms with Crippen molar-refractivity contribution in [3.05, 3.63) is 48.4 Å². The number of aromatic amines is 1. The van der Waals surface area contributed by atoms with Crippen LogP contribution in [0.15, 0.2) is 42.9 Å². The van der Waals surface area contributed by atoms with Gasteiger partial charge in [0, 0.05) is 17.1 Å². The minimum atomic E-state index is 0.690. The van der Waals surface area contributed by atoms with Gasteiger partial charge in [0.1, 0.15) is 12.0 Å². The van der Waals surface area contributed by atoms with Gasteiger partial charge in [0.15, 0.2) is 0 Å². The zero-order valence-corrected chi connectivity index (χ0v) is 11.3. The van der Waals surface area contributed by atoms with Gasteiger partial charge in [-0.25, -0.2) is 9.97 Å². The quantitative estimate of drug-likeness (QED) is 0.749. The van der Waals surface area contributed by atoms with E-state index in [1.54, 1.807) is 6.33 Å². The van der Waals surface area contributed by atoms with Gasteiger partial charge in [-0.2, -0.15) is 0 Å². The van der Waals surface area contributed by atoms with Crippen LogP contribution in [-0.2, 0) is 0 Å². The van der Waals surface area contributed by atoms with Crippen molar-refractivity contribution in [1.82, 2.24) is 15.0 Å². The number of nitrogens with one attached hydrogen (secondary N) is 1. The lowest BCUT2D eigenvalue weighted by Crippen LogP contribution is -1.97. The van der Waals surface area contributed by atoms with Crippen LogP contribution >= 0.6 is 0 Å². The largest absolute Gasteiger partial charge is 0.346 e. The molecule has 0 radical (unpaired) electrons. The highest BCUT2D eigenvalue weighted by atomic mass is 14.9. The molecule has 1 N–H and O–H groups in total. The summed E-state index contributed by atoms with van der Waals surface area (Å²) in [6.07, 6.45) is 8.89. The number of aromatic nitrogens is 3. The number of nitrogens with zero attached hydrogens (tertiary/aromatic N) is 2. The van der Waals surface area contributed by atoms with Crippen LogP contribution in [-0.4, -0.2) is 15.0 Å². The second kappa shape index (κ2) is 4.75. The number of rotatable bonds is 2. The first-order chi connectivity index (χ1) is 9.93. The van der Waals surface area contributed by atoms with Gasteiger partial charge in [-0.05, 0) is 30.4 Å². The van der Waals surface area contributed by atoms with E-state index in [0.717, 1.165) is 16.7 Å². The first-order valence-corrected chi connectivity index (χ1v) is 7.31. The van der Waals surface area contributed by atoms with Crippen LogP contribution in [0.1, 0.15) is 37.2 Å². The first kappa shape index (κ1) is 11.6. The second-order valence-corrected chi connectivity index (χ2v) is 5.53. The van der Waals surface area contributed by atoms with Crippen molar-refractivity contribution in [1.29, 1.82) is 0 Å². The van der Waals surface area contributed by atoms with E-state index >= 15 is 0 Å². The Kier molecular flexibility index (Phi) is 2.76. The minimum absolute atomic E-state index is 0.690. The molecule has 1 aliphatic rings. The van der Waals surface area contributed by atoms with Crippen LogP contribution in [0.25, 0.3) is 22.3 Å². The predicted molar refractivity (Wildman–Crippen MR) is 80.5 cm³/mol. The number of H-pyrrole nitrogens is 1. The Hall–Kier alpha value is -2.16. The lowest BCUT2D eigenvalue weighted by molar-refractivity contribution is 0.725. The van der Waals surface area contributed by atoms with Gasteiger partial charge < -0.3 is 4.98 Å². The standard InChI is InChI=1S/C17H17N3/c1-2-6-12(5-1)13-7-3-4-8-14(13)16-15-9-10-18-17(15)20-11-19-16/h3-4,7-12H,1-2,5-6H2,(H,18,19,20). The molecule has 3 aromatic rings. The summed E-state index contributed by atoms with van der Waals surface area (Å²) in [7, 11) is 0. The molecule has 0 bridgehead atoms. The molecule has 0 amide bonds. The van der Waals surface area contributed by atoms with Crippen molar-refractivity contribution < 1.29 is 0 Å². The zero-order chi connectivity index (χ0) is 13.4. The Labute approximate surface area is 118 Å². The Morgan fingerprint density at radius 1 is 1.00 bits per heavy atom. The predicted octanol–water partition coefficient (Wildman–Crippen LogP) is 4.28. The number of benzene rings is 1. The zero-order valence-electron chi connectivity index (χ0n) is 11.3. The molecule has 0 spiro atoms. The third-order valence-electron chi connectivity index (χ3n) is 4.36. The van der Waals surface area contributed by atoms with E-state index in [9.17, 15) is 0 Å². The normalized spacial score (nSPS) is 16.0. The second-order valence-electron chi connectivity index (χ2n) is 5.53. The molecule has 2 aromatic heterocycles. The molecule has 0 saturated heterocycles. The third-order valence-corrected chi connectivity index (χ3v) is 4.36. The highest BCUT2D eigenvalue weighted by Crippen LogP contribution is 2.39. The van der Waals surface area contributed by atoms with Crippen LogP contribution in [0.2, 0.25) is 0 Å². The van der Waals surface area contributed by atoms with Crippen LogP contribution in [0.4, 0.5) is 0 Å². The van der Waals surface area contributed by atoms with Gasteiger partial charge in [0.05, 0.1) is 5.69 Å². The molecule has 1 aliphatic carbocycles. The van der Waals surface area contributed by atoms with E-state index in [-0.39, 0.29) is 0 Å². The fraction of sp³-hybridized carbons (Fsp3) is 0.294. The van der Waals surface area contributed by atoms with Crippen LogP contribution in [0, 0.1) is 0 Å². The number of fused-ring (bicyclic) bond motifs is 1. The van der Waals surface area contributed by atoms with Crippen LogP contribution in [0.3, 0.4) is 0 Å². The molecule has 4 rings (SSSR count). The summed E-state index contributed by atoms with van der Waals surface area (Å²) in [6.45, 7) is 0. The summed E-state index contributed by atoms with van der Waals surface area (Å²) < 4.78 is 0. The van der Waals surface area contributed by atoms with Gasteiger partial charge in [-0.1, -0.05) is 37.1 Å². The molecule has 3 nitrogen and oxygen atoms in total. The molecular formula is C17H17N3. The van der Waals surface area contributed by atoms with E-state index < -0.39 is 0 Å². The van der Waals surface area contributed by atoms with Gasteiger partial charge >= 0.3 is 0 Å². The lowest BCUT2D eigenvalue weighted by atomic mass is 9.91. The maximum atomic E-state index is 4.55. The Morgan fingerprint density at radius 2 is 1.85 bits per heavy atom. The van der Waals surface area contributed by atoms with E-state index in [0.29, 0.717) is 5.92 Å². The van der Waals surface area contributed by atoms with Gasteiger partial charge in [-0.3, -0.25) is 0 Å². The van der Waals surface area contributed by atoms with Gasteiger partial charge in [-0.15, -0.1) is 0 Å². The van der Waals surface area contributed by atoms with E-state index in [1.165, 1.54) is 36.8 Å².